The van der Waals surface area contributed by atoms with Crippen LogP contribution in [0.1, 0.15) is 134 Å². The van der Waals surface area contributed by atoms with Gasteiger partial charge in [0.1, 0.15) is 12.7 Å². The van der Waals surface area contributed by atoms with Crippen molar-refractivity contribution in [1.82, 2.24) is 4.90 Å². The molecular formula is C94H73NO49. The number of hydrogen-bond acceptors (Lipinski definition) is 50. The maximum atomic E-state index is 15.3. The molecule has 3 fully saturated rings. The van der Waals surface area contributed by atoms with E-state index < -0.39 is 325 Å². The van der Waals surface area contributed by atoms with E-state index in [1.807, 2.05) is 6.07 Å². The van der Waals surface area contributed by atoms with E-state index in [2.05, 4.69) is 18.0 Å². The summed E-state index contributed by atoms with van der Waals surface area (Å²) in [7, 11) is 3.91. The highest BCUT2D eigenvalue weighted by molar-refractivity contribution is 6.01. The van der Waals surface area contributed by atoms with Crippen LogP contribution in [-0.2, 0) is 45.1 Å². The Morgan fingerprint density at radius 1 is 0.340 bits per heavy atom. The van der Waals surface area contributed by atoms with Crippen LogP contribution in [0.15, 0.2) is 133 Å². The third kappa shape index (κ3) is 18.8. The largest absolute Gasteiger partial charge is 0.504 e. The summed E-state index contributed by atoms with van der Waals surface area (Å²) in [5, 5.41) is 261. The molecule has 0 amide bonds. The number of phenols is 25. The predicted molar refractivity (Wildman–Crippen MR) is 464 cm³/mol. The Kier molecular flexibility index (Phi) is 26.3. The fourth-order valence-corrected chi connectivity index (χ4v) is 16.5. The number of nitrogens with zero attached hydrogens (tertiary/aromatic N) is 1. The number of piperidine rings is 1. The second-order valence-electron chi connectivity index (χ2n) is 32.4. The van der Waals surface area contributed by atoms with Gasteiger partial charge >= 0.3 is 59.7 Å². The summed E-state index contributed by atoms with van der Waals surface area (Å²) in [6.07, 6.45) is -11.6. The molecule has 50 heteroatoms. The molecule has 11 aromatic carbocycles. The lowest BCUT2D eigenvalue weighted by Gasteiger charge is -2.57. The molecule has 0 aromatic heterocycles. The van der Waals surface area contributed by atoms with Crippen molar-refractivity contribution in [2.24, 2.45) is 5.92 Å². The third-order valence-corrected chi connectivity index (χ3v) is 23.5. The number of likely N-dealkylation sites (tertiary alicyclic amines) is 1. The normalized spacial score (nSPS) is 18.3. The first kappa shape index (κ1) is 98.8. The molecule has 11 aromatic rings. The maximum Gasteiger partial charge on any atom is 0.343 e. The summed E-state index contributed by atoms with van der Waals surface area (Å²) < 4.78 is 72.2. The van der Waals surface area contributed by atoms with Crippen LogP contribution in [0.4, 0.5) is 0 Å². The number of ketones is 1. The van der Waals surface area contributed by atoms with Gasteiger partial charge < -0.3 is 194 Å². The van der Waals surface area contributed by atoms with E-state index in [1.165, 1.54) is 11.1 Å². The number of hydrogen-bond donors (Lipinski definition) is 25. The number of likely N-dealkylation sites (N-methyl/N-ethyl adjacent to an activating group) is 1. The highest BCUT2D eigenvalue weighted by Gasteiger charge is 2.66. The molecule has 2 bridgehead atoms. The number of aromatic hydroxyl groups is 25. The summed E-state index contributed by atoms with van der Waals surface area (Å²) in [5.74, 6) is -53.5. The minimum Gasteiger partial charge on any atom is -0.504 e. The standard InChI is InChI=1S/C76H52O46.C18H21NO3/c77-32-1-22(2-33(78)53(32)92)67(103)113-47-16-27(11-42(87)58(47)97)66(102)112-21-52-63(119-72(108)28-12-43(88)59(98)48(17-28)114-68(104)23-3-34(79)54(93)35(80)4-23)64(120-73(109)29-13-44(89)60(99)49(18-29)115-69(105)24-5-36(81)55(94)37(82)6-24)65(121-74(110)30-14-45(90)61(100)50(19-30)116-70(106)25-7-38(83)56(95)39(84)8-25)76(118-52)122-75(111)31-15-46(91)62(101)51(20-31)117-71(107)26-9-40(85)57(96)41(86)10-26;1-19-8-7-18-11-4-5-13(20)17(18)22-16-14(21-2)6-3-10(15(16)18)9-12(11)19/h1-20,52,63-65,76-101H,21H2;3,6,11-12,17H,4-5,7-9H2,1-2H3/t52-,63-,64+,65-,76+;11-,12+,17-,18-/m10/s1. The van der Waals surface area contributed by atoms with Gasteiger partial charge in [-0.25, -0.2) is 47.9 Å². The summed E-state index contributed by atoms with van der Waals surface area (Å²) in [6.45, 7) is -0.662. The van der Waals surface area contributed by atoms with E-state index in [1.54, 1.807) is 7.11 Å². The highest BCUT2D eigenvalue weighted by atomic mass is 16.8. The molecule has 25 N–H and O–H groups in total. The first-order valence-corrected chi connectivity index (χ1v) is 41.4. The number of carbonyl (C=O) groups is 11. The number of phenolic OH excluding ortho intramolecular Hbond substituents is 25. The molecule has 1 spiro atoms. The number of ether oxygens (including phenoxy) is 13. The number of benzene rings is 11. The molecule has 0 radical (unpaired) electrons. The Labute approximate surface area is 800 Å². The number of Topliss-reactive ketones (excluding diaryl/α,β-unsaturated/α-hetero) is 1. The quantitative estimate of drug-likeness (QED) is 0.0144. The van der Waals surface area contributed by atoms with E-state index >= 15 is 14.4 Å². The molecule has 3 aliphatic heterocycles. The fourth-order valence-electron chi connectivity index (χ4n) is 16.5. The Hall–Kier alpha value is -19.7. The van der Waals surface area contributed by atoms with Crippen LogP contribution in [0.25, 0.3) is 0 Å². The van der Waals surface area contributed by atoms with Gasteiger partial charge in [-0.1, -0.05) is 6.07 Å². The summed E-state index contributed by atoms with van der Waals surface area (Å²) in [4.78, 5) is 158. The number of methoxy groups -OCH3 is 1. The Balaban J connectivity index is 0.000000614. The van der Waals surface area contributed by atoms with Gasteiger partial charge in [-0.05, 0) is 172 Å². The molecule has 748 valence electrons. The van der Waals surface area contributed by atoms with Crippen molar-refractivity contribution in [3.05, 3.63) is 200 Å². The molecule has 2 saturated heterocycles. The van der Waals surface area contributed by atoms with Crippen LogP contribution in [0.5, 0.6) is 184 Å². The van der Waals surface area contributed by atoms with Crippen molar-refractivity contribution in [3.8, 4) is 184 Å². The van der Waals surface area contributed by atoms with Crippen molar-refractivity contribution >= 4 is 65.5 Å². The van der Waals surface area contributed by atoms with Gasteiger partial charge in [-0.3, -0.25) is 4.79 Å². The van der Waals surface area contributed by atoms with Gasteiger partial charge in [0.25, 0.3) is 0 Å². The molecular weight excluding hydrogens is 1930 g/mol. The topological polar surface area (TPSA) is 817 Å². The second-order valence-corrected chi connectivity index (χ2v) is 32.4. The van der Waals surface area contributed by atoms with Crippen molar-refractivity contribution in [3.63, 3.8) is 0 Å². The van der Waals surface area contributed by atoms with Crippen LogP contribution in [0.3, 0.4) is 0 Å². The molecule has 2 aliphatic carbocycles. The molecule has 50 nitrogen and oxygen atoms in total. The monoisotopic (exact) mass is 2000 g/mol. The van der Waals surface area contributed by atoms with Crippen molar-refractivity contribution in [2.75, 3.05) is 27.3 Å². The second kappa shape index (κ2) is 38.4. The summed E-state index contributed by atoms with van der Waals surface area (Å²) >= 11 is 0. The predicted octanol–water partition coefficient (Wildman–Crippen LogP) is 6.77. The van der Waals surface area contributed by atoms with Gasteiger partial charge in [0.15, 0.2) is 179 Å². The molecule has 0 unspecified atom stereocenters. The zero-order valence-corrected chi connectivity index (χ0v) is 73.0. The molecule has 5 aliphatic rings. The van der Waals surface area contributed by atoms with E-state index in [-0.39, 0.29) is 17.3 Å². The van der Waals surface area contributed by atoms with Crippen molar-refractivity contribution in [1.29, 1.82) is 0 Å². The SMILES string of the molecule is COc1ccc2c3c1O[C@H]1C(=O)CC[C@H]4[C@@H](C2)N(C)CC[C@]314.O=C(OC[C@H]1O[C@@H](OC(=O)c2cc(O)c(O)c(OC(=O)c3cc(O)c(O)c(O)c3)c2)[C@H](OC(=O)c2cc(O)c(O)c(OC(=O)c3cc(O)c(O)c(O)c3)c2)[C@@H](OC(=O)c2cc(O)c(O)c(OC(=O)c3cc(O)c(O)c(O)c3)c2)[C@@H]1OC(=O)c1cc(O)c(O)c(OC(=O)c2cc(O)c(O)c(O)c2)c1)c1cc(O)c(O)c(OC(=O)c2cc(O)c(O)c(O)c2)c1. The Bertz CT molecular complexity index is 7150. The van der Waals surface area contributed by atoms with Crippen LogP contribution in [0.2, 0.25) is 0 Å². The van der Waals surface area contributed by atoms with Gasteiger partial charge in [0.2, 0.25) is 41.1 Å². The first-order chi connectivity index (χ1) is 68.0. The molecule has 3 heterocycles. The third-order valence-electron chi connectivity index (χ3n) is 23.5. The van der Waals surface area contributed by atoms with Gasteiger partial charge in [0.05, 0.1) is 62.7 Å². The van der Waals surface area contributed by atoms with Gasteiger partial charge in [0, 0.05) is 23.4 Å². The summed E-state index contributed by atoms with van der Waals surface area (Å²) in [6, 6.07) is 13.3. The average molecular weight is 2000 g/mol. The van der Waals surface area contributed by atoms with Crippen LogP contribution in [-0.4, -0.2) is 268 Å². The van der Waals surface area contributed by atoms with Crippen molar-refractivity contribution < 1.29 is 242 Å². The fraction of sp³-hybridized carbons (Fsp3) is 0.181. The number of rotatable bonds is 22. The van der Waals surface area contributed by atoms with Crippen LogP contribution < -0.4 is 33.2 Å². The van der Waals surface area contributed by atoms with E-state index in [0.29, 0.717) is 140 Å². The lowest BCUT2D eigenvalue weighted by atomic mass is 9.52. The molecule has 9 atom stereocenters. The zero-order valence-electron chi connectivity index (χ0n) is 73.0. The minimum absolute atomic E-state index is 0.0933. The summed E-state index contributed by atoms with van der Waals surface area (Å²) in [5.41, 5.74) is -7.32. The number of carbonyl (C=O) groups excluding carboxylic acids is 11. The van der Waals surface area contributed by atoms with E-state index in [4.69, 9.17) is 61.6 Å². The smallest absolute Gasteiger partial charge is 0.343 e. The van der Waals surface area contributed by atoms with E-state index in [9.17, 15) is 166 Å². The Morgan fingerprint density at radius 3 is 0.931 bits per heavy atom. The first-order valence-electron chi connectivity index (χ1n) is 41.4. The lowest BCUT2D eigenvalue weighted by molar-refractivity contribution is -0.282. The maximum absolute atomic E-state index is 15.3. The molecule has 16 rings (SSSR count). The van der Waals surface area contributed by atoms with Crippen LogP contribution >= 0.6 is 0 Å². The lowest BCUT2D eigenvalue weighted by Crippen LogP contribution is -2.65. The van der Waals surface area contributed by atoms with Crippen molar-refractivity contribution in [2.45, 2.75) is 73.9 Å². The minimum atomic E-state index is -3.12. The van der Waals surface area contributed by atoms with Gasteiger partial charge in [-0.15, -0.1) is 0 Å². The van der Waals surface area contributed by atoms with Gasteiger partial charge in [-0.2, -0.15) is 0 Å². The molecule has 144 heavy (non-hydrogen) atoms. The average Bonchev–Trinajstić information content (AvgIpc) is 1.51. The highest BCUT2D eigenvalue weighted by Crippen LogP contribution is 2.64. The Morgan fingerprint density at radius 2 is 0.618 bits per heavy atom. The van der Waals surface area contributed by atoms with E-state index in [0.717, 1.165) is 37.3 Å². The zero-order chi connectivity index (χ0) is 104. The number of esters is 10. The van der Waals surface area contributed by atoms with Crippen LogP contribution in [0, 0.1) is 5.92 Å². The molecule has 1 saturated carbocycles.